The predicted octanol–water partition coefficient (Wildman–Crippen LogP) is 7.00. The minimum absolute atomic E-state index is 0.00509. The average Bonchev–Trinajstić information content (AvgIpc) is 3.43. The van der Waals surface area contributed by atoms with Crippen molar-refractivity contribution in [3.63, 3.8) is 0 Å². The van der Waals surface area contributed by atoms with Crippen molar-refractivity contribution in [3.8, 4) is 11.5 Å². The molecule has 43 heavy (non-hydrogen) atoms. The number of benzene rings is 3. The van der Waals surface area contributed by atoms with Gasteiger partial charge in [-0.15, -0.1) is 0 Å². The van der Waals surface area contributed by atoms with Crippen LogP contribution in [0.2, 0.25) is 0 Å². The van der Waals surface area contributed by atoms with Crippen LogP contribution in [0.4, 0.5) is 0 Å². The van der Waals surface area contributed by atoms with E-state index in [1.165, 1.54) is 5.56 Å². The molecular weight excluding hydrogens is 538 g/mol. The molecule has 0 fully saturated rings. The van der Waals surface area contributed by atoms with Crippen LogP contribution in [0.15, 0.2) is 72.9 Å². The van der Waals surface area contributed by atoms with Crippen LogP contribution in [0, 0.1) is 0 Å². The lowest BCUT2D eigenvalue weighted by Gasteiger charge is -2.28. The molecule has 1 N–H and O–H groups in total. The average molecular weight is 584 g/mol. The first-order valence-electron chi connectivity index (χ1n) is 15.1. The number of hydrogen-bond donors (Lipinski definition) is 1. The van der Waals surface area contributed by atoms with Gasteiger partial charge in [0.1, 0.15) is 6.54 Å². The van der Waals surface area contributed by atoms with E-state index >= 15 is 0 Å². The van der Waals surface area contributed by atoms with E-state index in [1.54, 1.807) is 19.1 Å². The maximum Gasteiger partial charge on any atom is 0.254 e. The van der Waals surface area contributed by atoms with E-state index in [1.807, 2.05) is 65.7 Å². The van der Waals surface area contributed by atoms with Crippen LogP contribution in [0.3, 0.4) is 0 Å². The maximum absolute atomic E-state index is 14.0. The van der Waals surface area contributed by atoms with Gasteiger partial charge in [0, 0.05) is 42.3 Å². The lowest BCUT2D eigenvalue weighted by molar-refractivity contribution is -0.132. The van der Waals surface area contributed by atoms with Crippen LogP contribution in [0.1, 0.15) is 67.6 Å². The Hall–Kier alpha value is -4.26. The van der Waals surface area contributed by atoms with Gasteiger partial charge in [-0.2, -0.15) is 0 Å². The van der Waals surface area contributed by atoms with E-state index < -0.39 is 0 Å². The van der Waals surface area contributed by atoms with Crippen molar-refractivity contribution < 1.29 is 19.1 Å². The van der Waals surface area contributed by atoms with Crippen molar-refractivity contribution in [2.24, 2.45) is 0 Å². The Morgan fingerprint density at radius 1 is 0.860 bits per heavy atom. The van der Waals surface area contributed by atoms with Gasteiger partial charge in [0.2, 0.25) is 5.91 Å². The second-order valence-electron chi connectivity index (χ2n) is 12.0. The highest BCUT2D eigenvalue weighted by atomic mass is 16.5. The van der Waals surface area contributed by atoms with Crippen molar-refractivity contribution in [2.45, 2.75) is 58.9 Å². The summed E-state index contributed by atoms with van der Waals surface area (Å²) in [5.41, 5.74) is 4.91. The van der Waals surface area contributed by atoms with Crippen molar-refractivity contribution >= 4 is 22.7 Å². The van der Waals surface area contributed by atoms with Gasteiger partial charge in [-0.1, -0.05) is 70.5 Å². The number of methoxy groups -OCH3 is 2. The summed E-state index contributed by atoms with van der Waals surface area (Å²) < 4.78 is 10.9. The number of hydrogen-bond acceptors (Lipinski definition) is 4. The summed E-state index contributed by atoms with van der Waals surface area (Å²) >= 11 is 0. The Morgan fingerprint density at radius 2 is 1.58 bits per heavy atom. The fraction of sp³-hybridized carbons (Fsp3) is 0.389. The van der Waals surface area contributed by atoms with Crippen LogP contribution < -0.4 is 9.47 Å². The lowest BCUT2D eigenvalue weighted by atomic mass is 9.86. The van der Waals surface area contributed by atoms with Crippen molar-refractivity contribution in [1.82, 2.24) is 14.8 Å². The molecule has 0 spiro atoms. The zero-order chi connectivity index (χ0) is 31.0. The summed E-state index contributed by atoms with van der Waals surface area (Å²) in [7, 11) is 3.21. The van der Waals surface area contributed by atoms with E-state index in [4.69, 9.17) is 9.47 Å². The molecule has 1 heterocycles. The summed E-state index contributed by atoms with van der Waals surface area (Å²) in [5, 5.41) is 1.15. The van der Waals surface area contributed by atoms with Crippen LogP contribution in [-0.2, 0) is 23.2 Å². The number of carbonyl (C=O) groups excluding carboxylic acids is 2. The number of amides is 2. The molecule has 228 valence electrons. The number of aromatic amines is 1. The Balaban J connectivity index is 1.58. The predicted molar refractivity (Wildman–Crippen MR) is 173 cm³/mol. The standard InChI is InChI=1S/C36H45N3O4/c1-7-8-20-39(35(41)27-14-16-29(17-15-27)36(2,3)4)25-34(40)38(24-26-13-18-32(42-5)33(22-26)43-6)21-19-28-23-37-31-12-10-9-11-30(28)31/h9-18,22-23,37H,7-8,19-21,24-25H2,1-6H3. The van der Waals surface area contributed by atoms with Crippen LogP contribution in [0.5, 0.6) is 11.5 Å². The minimum atomic E-state index is -0.120. The summed E-state index contributed by atoms with van der Waals surface area (Å²) in [5.74, 6) is 1.04. The fourth-order valence-electron chi connectivity index (χ4n) is 5.25. The molecule has 7 nitrogen and oxygen atoms in total. The molecule has 0 atom stereocenters. The molecule has 0 radical (unpaired) electrons. The lowest BCUT2D eigenvalue weighted by Crippen LogP contribution is -2.43. The van der Waals surface area contributed by atoms with Gasteiger partial charge < -0.3 is 24.3 Å². The molecule has 0 aliphatic carbocycles. The SMILES string of the molecule is CCCCN(CC(=O)N(CCc1c[nH]c2ccccc12)Cc1ccc(OC)c(OC)c1)C(=O)c1ccc(C(C)(C)C)cc1. The number of nitrogens with zero attached hydrogens (tertiary/aromatic N) is 2. The number of nitrogens with one attached hydrogen (secondary N) is 1. The summed E-state index contributed by atoms with van der Waals surface area (Å²) in [6.45, 7) is 9.98. The first-order valence-corrected chi connectivity index (χ1v) is 15.1. The van der Waals surface area contributed by atoms with Crippen LogP contribution >= 0.6 is 0 Å². The normalized spacial score (nSPS) is 11.4. The van der Waals surface area contributed by atoms with Crippen LogP contribution in [0.25, 0.3) is 10.9 Å². The molecule has 0 unspecified atom stereocenters. The highest BCUT2D eigenvalue weighted by Gasteiger charge is 2.24. The third-order valence-corrected chi connectivity index (χ3v) is 7.89. The molecule has 0 aliphatic rings. The zero-order valence-corrected chi connectivity index (χ0v) is 26.4. The van der Waals surface area contributed by atoms with E-state index in [9.17, 15) is 9.59 Å². The quantitative estimate of drug-likeness (QED) is 0.184. The summed E-state index contributed by atoms with van der Waals surface area (Å²) in [6, 6.07) is 21.7. The van der Waals surface area contributed by atoms with E-state index in [2.05, 4.69) is 44.8 Å². The Labute approximate surface area is 255 Å². The number of ether oxygens (including phenoxy) is 2. The van der Waals surface area contributed by atoms with E-state index in [0.29, 0.717) is 43.1 Å². The number of unbranched alkanes of at least 4 members (excludes halogenated alkanes) is 1. The Kier molecular flexibility index (Phi) is 10.5. The van der Waals surface area contributed by atoms with Gasteiger partial charge in [0.05, 0.1) is 14.2 Å². The number of aromatic nitrogens is 1. The van der Waals surface area contributed by atoms with Crippen molar-refractivity contribution in [1.29, 1.82) is 0 Å². The molecule has 4 rings (SSSR count). The third kappa shape index (κ3) is 7.98. The fourth-order valence-corrected chi connectivity index (χ4v) is 5.25. The number of carbonyl (C=O) groups is 2. The largest absolute Gasteiger partial charge is 0.493 e. The van der Waals surface area contributed by atoms with Gasteiger partial charge in [0.25, 0.3) is 5.91 Å². The van der Waals surface area contributed by atoms with Gasteiger partial charge in [-0.3, -0.25) is 9.59 Å². The first kappa shape index (κ1) is 31.7. The van der Waals surface area contributed by atoms with E-state index in [-0.39, 0.29) is 23.8 Å². The highest BCUT2D eigenvalue weighted by Crippen LogP contribution is 2.28. The maximum atomic E-state index is 14.0. The first-order chi connectivity index (χ1) is 20.6. The molecule has 0 bridgehead atoms. The molecule has 0 aliphatic heterocycles. The van der Waals surface area contributed by atoms with E-state index in [0.717, 1.165) is 34.9 Å². The topological polar surface area (TPSA) is 74.9 Å². The van der Waals surface area contributed by atoms with Gasteiger partial charge >= 0.3 is 0 Å². The van der Waals surface area contributed by atoms with Crippen molar-refractivity contribution in [3.05, 3.63) is 95.2 Å². The van der Waals surface area contributed by atoms with Gasteiger partial charge in [-0.25, -0.2) is 0 Å². The van der Waals surface area contributed by atoms with Gasteiger partial charge in [-0.05, 0) is 65.3 Å². The highest BCUT2D eigenvalue weighted by molar-refractivity contribution is 5.96. The Morgan fingerprint density at radius 3 is 2.26 bits per heavy atom. The smallest absolute Gasteiger partial charge is 0.254 e. The summed E-state index contributed by atoms with van der Waals surface area (Å²) in [4.78, 5) is 34.6. The molecule has 2 amide bonds. The second kappa shape index (κ2) is 14.3. The van der Waals surface area contributed by atoms with Crippen LogP contribution in [-0.4, -0.2) is 60.5 Å². The zero-order valence-electron chi connectivity index (χ0n) is 26.4. The third-order valence-electron chi connectivity index (χ3n) is 7.89. The minimum Gasteiger partial charge on any atom is -0.493 e. The molecule has 4 aromatic rings. The molecule has 0 saturated heterocycles. The van der Waals surface area contributed by atoms with Crippen molar-refractivity contribution in [2.75, 3.05) is 33.9 Å². The monoisotopic (exact) mass is 583 g/mol. The molecule has 7 heteroatoms. The number of fused-ring (bicyclic) bond motifs is 1. The second-order valence-corrected chi connectivity index (χ2v) is 12.0. The number of para-hydroxylation sites is 1. The molecule has 1 aromatic heterocycles. The molecule has 3 aromatic carbocycles. The summed E-state index contributed by atoms with van der Waals surface area (Å²) in [6.07, 6.45) is 4.45. The number of H-pyrrole nitrogens is 1. The molecule has 0 saturated carbocycles. The van der Waals surface area contributed by atoms with Gasteiger partial charge in [0.15, 0.2) is 11.5 Å². The Bertz CT molecular complexity index is 1520. The molecular formula is C36H45N3O4. The number of rotatable bonds is 13.